The zero-order chi connectivity index (χ0) is 21.6. The predicted octanol–water partition coefficient (Wildman–Crippen LogP) is 2.24. The lowest BCUT2D eigenvalue weighted by Crippen LogP contribution is -2.42. The molecule has 0 atom stereocenters. The minimum absolute atomic E-state index is 0.0837. The number of nitrogens with zero attached hydrogens (tertiary/aromatic N) is 6. The van der Waals surface area contributed by atoms with Crippen LogP contribution in [-0.4, -0.2) is 76.4 Å². The number of likely N-dealkylation sites (tertiary alicyclic amines) is 1. The third-order valence-corrected chi connectivity index (χ3v) is 6.33. The molecule has 2 aliphatic rings. The number of benzene rings is 1. The van der Waals surface area contributed by atoms with Crippen molar-refractivity contribution in [2.24, 2.45) is 0 Å². The van der Waals surface area contributed by atoms with Gasteiger partial charge < -0.3 is 19.9 Å². The number of carbonyl (C=O) groups is 1. The summed E-state index contributed by atoms with van der Waals surface area (Å²) in [7, 11) is 0. The average Bonchev–Trinajstić information content (AvgIpc) is 3.44. The number of anilines is 1. The molecule has 1 amide bonds. The highest BCUT2D eigenvalue weighted by atomic mass is 35.5. The minimum atomic E-state index is -0.108. The predicted molar refractivity (Wildman–Crippen MR) is 119 cm³/mol. The number of hydrogen-bond donors (Lipinski definition) is 1. The van der Waals surface area contributed by atoms with Gasteiger partial charge in [0.2, 0.25) is 5.91 Å². The molecule has 1 N–H and O–H groups in total. The Morgan fingerprint density at radius 1 is 1.13 bits per heavy atom. The molecule has 9 nitrogen and oxygen atoms in total. The smallest absolute Gasteiger partial charge is 0.266 e. The molecule has 0 saturated carbocycles. The minimum Gasteiger partial charge on any atom is -0.490 e. The summed E-state index contributed by atoms with van der Waals surface area (Å²) in [5.74, 6) is 1.24. The van der Waals surface area contributed by atoms with Crippen LogP contribution in [-0.2, 0) is 11.3 Å². The molecule has 2 saturated heterocycles. The van der Waals surface area contributed by atoms with Crippen molar-refractivity contribution in [2.45, 2.75) is 38.3 Å². The van der Waals surface area contributed by atoms with Gasteiger partial charge in [-0.1, -0.05) is 28.3 Å². The van der Waals surface area contributed by atoms with Crippen LogP contribution in [0.25, 0.3) is 0 Å². The number of nitrogens with one attached hydrogen (secondary N) is 1. The molecule has 0 bridgehead atoms. The van der Waals surface area contributed by atoms with E-state index in [2.05, 4.69) is 30.5 Å². The molecule has 0 unspecified atom stereocenters. The first-order valence-corrected chi connectivity index (χ1v) is 11.5. The molecule has 31 heavy (non-hydrogen) atoms. The second-order valence-electron chi connectivity index (χ2n) is 7.90. The van der Waals surface area contributed by atoms with E-state index in [9.17, 15) is 4.79 Å². The molecule has 0 radical (unpaired) electrons. The summed E-state index contributed by atoms with van der Waals surface area (Å²) >= 11 is 12.0. The van der Waals surface area contributed by atoms with Gasteiger partial charge in [-0.2, -0.15) is 4.80 Å². The van der Waals surface area contributed by atoms with E-state index >= 15 is 0 Å². The molecule has 2 fully saturated rings. The van der Waals surface area contributed by atoms with Gasteiger partial charge in [0.1, 0.15) is 18.4 Å². The van der Waals surface area contributed by atoms with Gasteiger partial charge >= 0.3 is 0 Å². The van der Waals surface area contributed by atoms with Crippen molar-refractivity contribution < 1.29 is 9.53 Å². The van der Waals surface area contributed by atoms with Crippen LogP contribution in [0.15, 0.2) is 18.2 Å². The van der Waals surface area contributed by atoms with Gasteiger partial charge in [-0.25, -0.2) is 0 Å². The van der Waals surface area contributed by atoms with Crippen LogP contribution in [0.4, 0.5) is 5.95 Å². The van der Waals surface area contributed by atoms with E-state index in [0.29, 0.717) is 22.5 Å². The van der Waals surface area contributed by atoms with Crippen molar-refractivity contribution in [3.63, 3.8) is 0 Å². The van der Waals surface area contributed by atoms with Gasteiger partial charge in [0.05, 0.1) is 10.0 Å². The highest BCUT2D eigenvalue weighted by molar-refractivity contribution is 6.42. The first-order valence-electron chi connectivity index (χ1n) is 10.7. The maximum atomic E-state index is 12.2. The molecular formula is C20H27Cl2N7O2. The number of tetrazole rings is 1. The molecule has 1 aromatic carbocycles. The number of amides is 1. The number of aromatic nitrogens is 4. The van der Waals surface area contributed by atoms with Gasteiger partial charge in [-0.15, -0.1) is 5.10 Å². The molecule has 0 aliphatic carbocycles. The van der Waals surface area contributed by atoms with Crippen molar-refractivity contribution in [3.8, 4) is 5.75 Å². The van der Waals surface area contributed by atoms with Gasteiger partial charge in [0.25, 0.3) is 5.95 Å². The number of carbonyl (C=O) groups excluding carboxylic acids is 1. The van der Waals surface area contributed by atoms with Crippen LogP contribution in [0.5, 0.6) is 5.75 Å². The summed E-state index contributed by atoms with van der Waals surface area (Å²) in [6.45, 7) is 5.22. The van der Waals surface area contributed by atoms with Crippen molar-refractivity contribution >= 4 is 35.1 Å². The Labute approximate surface area is 191 Å². The van der Waals surface area contributed by atoms with Crippen LogP contribution in [0.1, 0.15) is 25.7 Å². The lowest BCUT2D eigenvalue weighted by atomic mass is 10.1. The Kier molecular flexibility index (Phi) is 7.47. The monoisotopic (exact) mass is 467 g/mol. The summed E-state index contributed by atoms with van der Waals surface area (Å²) < 4.78 is 6.02. The summed E-state index contributed by atoms with van der Waals surface area (Å²) in [5, 5.41) is 16.3. The Hall–Kier alpha value is -2.10. The van der Waals surface area contributed by atoms with Crippen LogP contribution in [0.2, 0.25) is 10.0 Å². The first kappa shape index (κ1) is 22.1. The lowest BCUT2D eigenvalue weighted by Gasteiger charge is -2.32. The van der Waals surface area contributed by atoms with Gasteiger partial charge in [-0.3, -0.25) is 4.79 Å². The molecule has 2 aromatic rings. The van der Waals surface area contributed by atoms with Crippen molar-refractivity contribution in [1.29, 1.82) is 0 Å². The van der Waals surface area contributed by atoms with Crippen molar-refractivity contribution in [2.75, 3.05) is 44.2 Å². The Bertz CT molecular complexity index is 880. The maximum Gasteiger partial charge on any atom is 0.266 e. The number of halogens is 2. The van der Waals surface area contributed by atoms with E-state index in [1.54, 1.807) is 12.1 Å². The van der Waals surface area contributed by atoms with Crippen LogP contribution in [0, 0.1) is 0 Å². The average molecular weight is 468 g/mol. The number of hydrogen-bond acceptors (Lipinski definition) is 7. The standard InChI is InChI=1S/C20H27Cl2N7O2/c21-17-4-3-16(13-18(17)22)31-15-5-10-27(11-6-15)12-7-23-19(30)14-29-25-20(24-26-29)28-8-1-2-9-28/h3-4,13,15H,1-2,5-12,14H2,(H,23,30). The van der Waals surface area contributed by atoms with Crippen LogP contribution < -0.4 is 15.0 Å². The number of rotatable bonds is 8. The molecular weight excluding hydrogens is 441 g/mol. The van der Waals surface area contributed by atoms with Gasteiger partial charge in [0, 0.05) is 45.3 Å². The zero-order valence-corrected chi connectivity index (χ0v) is 18.9. The van der Waals surface area contributed by atoms with Crippen LogP contribution >= 0.6 is 23.2 Å². The highest BCUT2D eigenvalue weighted by Gasteiger charge is 2.21. The van der Waals surface area contributed by atoms with Crippen molar-refractivity contribution in [3.05, 3.63) is 28.2 Å². The molecule has 11 heteroatoms. The summed E-state index contributed by atoms with van der Waals surface area (Å²) in [4.78, 5) is 18.0. The molecule has 3 heterocycles. The summed E-state index contributed by atoms with van der Waals surface area (Å²) in [6, 6.07) is 5.34. The Morgan fingerprint density at radius 3 is 2.65 bits per heavy atom. The Balaban J connectivity index is 1.12. The van der Waals surface area contributed by atoms with Crippen molar-refractivity contribution in [1.82, 2.24) is 30.4 Å². The SMILES string of the molecule is O=C(Cn1nnc(N2CCCC2)n1)NCCN1CCC(Oc2ccc(Cl)c(Cl)c2)CC1. The molecule has 4 rings (SSSR count). The second kappa shape index (κ2) is 10.5. The molecule has 2 aliphatic heterocycles. The van der Waals surface area contributed by atoms with E-state index in [1.807, 2.05) is 6.07 Å². The van der Waals surface area contributed by atoms with E-state index in [0.717, 1.165) is 64.2 Å². The molecule has 168 valence electrons. The Morgan fingerprint density at radius 2 is 1.90 bits per heavy atom. The number of piperidine rings is 1. The fourth-order valence-corrected chi connectivity index (χ4v) is 4.16. The normalized spacial score (nSPS) is 17.8. The second-order valence-corrected chi connectivity index (χ2v) is 8.71. The van der Waals surface area contributed by atoms with Gasteiger partial charge in [0.15, 0.2) is 0 Å². The fraction of sp³-hybridized carbons (Fsp3) is 0.600. The largest absolute Gasteiger partial charge is 0.490 e. The van der Waals surface area contributed by atoms with E-state index in [4.69, 9.17) is 27.9 Å². The first-order chi connectivity index (χ1) is 15.1. The van der Waals surface area contributed by atoms with E-state index in [-0.39, 0.29) is 18.6 Å². The topological polar surface area (TPSA) is 88.4 Å². The quantitative estimate of drug-likeness (QED) is 0.636. The summed E-state index contributed by atoms with van der Waals surface area (Å²) in [6.07, 6.45) is 4.31. The van der Waals surface area contributed by atoms with Crippen LogP contribution in [0.3, 0.4) is 0 Å². The maximum absolute atomic E-state index is 12.2. The molecule has 1 aromatic heterocycles. The summed E-state index contributed by atoms with van der Waals surface area (Å²) in [5.41, 5.74) is 0. The molecule has 0 spiro atoms. The third kappa shape index (κ3) is 6.21. The van der Waals surface area contributed by atoms with E-state index < -0.39 is 0 Å². The highest BCUT2D eigenvalue weighted by Crippen LogP contribution is 2.28. The fourth-order valence-electron chi connectivity index (χ4n) is 3.88. The third-order valence-electron chi connectivity index (χ3n) is 5.59. The lowest BCUT2D eigenvalue weighted by molar-refractivity contribution is -0.122. The number of ether oxygens (including phenoxy) is 1. The van der Waals surface area contributed by atoms with Gasteiger partial charge in [-0.05, 0) is 43.0 Å². The zero-order valence-electron chi connectivity index (χ0n) is 17.3. The van der Waals surface area contributed by atoms with E-state index in [1.165, 1.54) is 4.80 Å².